The minimum atomic E-state index is -1.09. The van der Waals surface area contributed by atoms with Crippen molar-refractivity contribution in [3.05, 3.63) is 109 Å². The summed E-state index contributed by atoms with van der Waals surface area (Å²) in [6.45, 7) is 3.73. The van der Waals surface area contributed by atoms with Crippen LogP contribution in [0.5, 0.6) is 11.5 Å². The van der Waals surface area contributed by atoms with E-state index in [2.05, 4.69) is 10.2 Å². The Morgan fingerprint density at radius 3 is 2.24 bits per heavy atom. The van der Waals surface area contributed by atoms with Crippen molar-refractivity contribution in [1.82, 2.24) is 10.2 Å². The second kappa shape index (κ2) is 15.6. The van der Waals surface area contributed by atoms with E-state index in [4.69, 9.17) is 37.4 Å². The molecule has 1 unspecified atom stereocenters. The van der Waals surface area contributed by atoms with Gasteiger partial charge in [0.25, 0.3) is 0 Å². The number of nitrogens with zero attached hydrogens (tertiary/aromatic N) is 2. The largest absolute Gasteiger partial charge is 0.493 e. The number of carboxylic acids is 1. The molecule has 0 radical (unpaired) electrons. The SMILES string of the molecule is COc1ccc([C@H](Cc2c(Cl)c[n+](O)cc2Cl)c2cc(CNC(C(=O)OCC34CCN(CC3)CC4)c3ccccc3)sc2C(=O)O)cc1OC. The fourth-order valence-electron chi connectivity index (χ4n) is 6.99. The van der Waals surface area contributed by atoms with Gasteiger partial charge in [0.05, 0.1) is 20.8 Å². The number of pyridine rings is 1. The zero-order valence-electron chi connectivity index (χ0n) is 27.9. The van der Waals surface area contributed by atoms with Crippen LogP contribution in [0.3, 0.4) is 0 Å². The third kappa shape index (κ3) is 7.87. The number of fused-ring (bicyclic) bond motifs is 3. The highest BCUT2D eigenvalue weighted by Gasteiger charge is 2.41. The van der Waals surface area contributed by atoms with Crippen LogP contribution in [0.15, 0.2) is 67.0 Å². The Balaban J connectivity index is 1.31. The summed E-state index contributed by atoms with van der Waals surface area (Å²) < 4.78 is 17.8. The van der Waals surface area contributed by atoms with Crippen LogP contribution in [0.1, 0.15) is 68.0 Å². The molecule has 10 nitrogen and oxygen atoms in total. The first kappa shape index (κ1) is 35.9. The summed E-state index contributed by atoms with van der Waals surface area (Å²) in [5.41, 5.74) is 2.62. The summed E-state index contributed by atoms with van der Waals surface area (Å²) in [5, 5.41) is 24.2. The molecular formula is C37H40Cl2N3O7S+. The van der Waals surface area contributed by atoms with Crippen LogP contribution in [-0.4, -0.2) is 67.6 Å². The number of ether oxygens (including phenoxy) is 3. The van der Waals surface area contributed by atoms with Gasteiger partial charge in [-0.15, -0.1) is 11.3 Å². The number of thiophene rings is 1. The summed E-state index contributed by atoms with van der Waals surface area (Å²) in [6.07, 6.45) is 5.96. The molecule has 2 atom stereocenters. The molecule has 3 N–H and O–H groups in total. The van der Waals surface area contributed by atoms with Crippen molar-refractivity contribution >= 4 is 46.5 Å². The van der Waals surface area contributed by atoms with E-state index in [-0.39, 0.29) is 39.3 Å². The maximum absolute atomic E-state index is 13.7. The van der Waals surface area contributed by atoms with E-state index in [0.29, 0.717) is 34.1 Å². The number of aromatic carboxylic acids is 1. The number of esters is 1. The van der Waals surface area contributed by atoms with Gasteiger partial charge in [-0.2, -0.15) is 0 Å². The molecule has 2 bridgehead atoms. The second-order valence-electron chi connectivity index (χ2n) is 12.9. The van der Waals surface area contributed by atoms with Crippen molar-refractivity contribution in [2.45, 2.75) is 44.2 Å². The van der Waals surface area contributed by atoms with Gasteiger partial charge in [-0.1, -0.05) is 59.6 Å². The number of halogens is 2. The van der Waals surface area contributed by atoms with Crippen molar-refractivity contribution in [1.29, 1.82) is 0 Å². The predicted molar refractivity (Wildman–Crippen MR) is 190 cm³/mol. The molecule has 3 fully saturated rings. The smallest absolute Gasteiger partial charge is 0.346 e. The molecule has 2 aromatic heterocycles. The number of carboxylic acid groups (broad SMARTS) is 1. The van der Waals surface area contributed by atoms with E-state index in [1.807, 2.05) is 42.5 Å². The lowest BCUT2D eigenvalue weighted by Gasteiger charge is -2.48. The highest BCUT2D eigenvalue weighted by molar-refractivity contribution is 7.14. The van der Waals surface area contributed by atoms with E-state index in [0.717, 1.165) is 66.1 Å². The van der Waals surface area contributed by atoms with Crippen LogP contribution < -0.4 is 19.5 Å². The topological polar surface area (TPSA) is 121 Å². The lowest BCUT2D eigenvalue weighted by atomic mass is 9.73. The quantitative estimate of drug-likeness (QED) is 0.0753. The van der Waals surface area contributed by atoms with E-state index in [1.165, 1.54) is 19.5 Å². The van der Waals surface area contributed by atoms with Gasteiger partial charge in [0, 0.05) is 33.0 Å². The Morgan fingerprint density at radius 2 is 1.62 bits per heavy atom. The second-order valence-corrected chi connectivity index (χ2v) is 14.9. The van der Waals surface area contributed by atoms with Crippen molar-refractivity contribution in [3.8, 4) is 11.5 Å². The van der Waals surface area contributed by atoms with Crippen molar-refractivity contribution in [2.24, 2.45) is 5.41 Å². The van der Waals surface area contributed by atoms with E-state index in [9.17, 15) is 19.9 Å². The number of piperidine rings is 3. The normalized spacial score (nSPS) is 19.5. The number of benzene rings is 2. The summed E-state index contributed by atoms with van der Waals surface area (Å²) in [6, 6.07) is 15.9. The fourth-order valence-corrected chi connectivity index (χ4v) is 8.61. The maximum atomic E-state index is 13.7. The van der Waals surface area contributed by atoms with Gasteiger partial charge >= 0.3 is 11.9 Å². The highest BCUT2D eigenvalue weighted by atomic mass is 35.5. The molecule has 50 heavy (non-hydrogen) atoms. The first-order valence-electron chi connectivity index (χ1n) is 16.4. The molecule has 264 valence electrons. The molecule has 5 heterocycles. The number of hydrogen-bond acceptors (Lipinski definition) is 9. The van der Waals surface area contributed by atoms with Gasteiger partial charge < -0.3 is 24.2 Å². The van der Waals surface area contributed by atoms with Crippen molar-refractivity contribution in [2.75, 3.05) is 40.5 Å². The third-order valence-corrected chi connectivity index (χ3v) is 11.7. The van der Waals surface area contributed by atoms with Crippen molar-refractivity contribution < 1.29 is 38.8 Å². The summed E-state index contributed by atoms with van der Waals surface area (Å²) in [4.78, 5) is 29.8. The minimum absolute atomic E-state index is 0.0336. The number of methoxy groups -OCH3 is 2. The Hall–Kier alpha value is -3.87. The maximum Gasteiger partial charge on any atom is 0.346 e. The fraction of sp³-hybridized carbons (Fsp3) is 0.378. The average molecular weight is 742 g/mol. The monoisotopic (exact) mass is 740 g/mol. The average Bonchev–Trinajstić information content (AvgIpc) is 3.56. The number of carbonyl (C=O) groups excluding carboxylic acids is 1. The Labute approximate surface area is 305 Å². The first-order chi connectivity index (χ1) is 24.1. The van der Waals surface area contributed by atoms with Crippen LogP contribution >= 0.6 is 34.5 Å². The van der Waals surface area contributed by atoms with Crippen LogP contribution in [0.4, 0.5) is 0 Å². The van der Waals surface area contributed by atoms with Gasteiger partial charge in [-0.05, 0) is 80.2 Å². The summed E-state index contributed by atoms with van der Waals surface area (Å²) in [7, 11) is 3.07. The lowest BCUT2D eigenvalue weighted by molar-refractivity contribution is -0.904. The zero-order valence-corrected chi connectivity index (χ0v) is 30.2. The molecule has 0 spiro atoms. The summed E-state index contributed by atoms with van der Waals surface area (Å²) in [5.74, 6) is -0.979. The Bertz CT molecular complexity index is 1810. The molecule has 13 heteroatoms. The van der Waals surface area contributed by atoms with E-state index < -0.39 is 17.9 Å². The molecular weight excluding hydrogens is 701 g/mol. The zero-order chi connectivity index (χ0) is 35.4. The minimum Gasteiger partial charge on any atom is -0.493 e. The van der Waals surface area contributed by atoms with Crippen molar-refractivity contribution in [3.63, 3.8) is 0 Å². The number of rotatable bonds is 14. The molecule has 0 aliphatic carbocycles. The van der Waals surface area contributed by atoms with Gasteiger partial charge in [-0.3, -0.25) is 10.5 Å². The van der Waals surface area contributed by atoms with Crippen LogP contribution in [0.25, 0.3) is 0 Å². The molecule has 3 aliphatic heterocycles. The van der Waals surface area contributed by atoms with Gasteiger partial charge in [-0.25, -0.2) is 9.59 Å². The third-order valence-electron chi connectivity index (χ3n) is 9.91. The van der Waals surface area contributed by atoms with Gasteiger partial charge in [0.2, 0.25) is 12.4 Å². The number of hydrogen-bond donors (Lipinski definition) is 3. The highest BCUT2D eigenvalue weighted by Crippen LogP contribution is 2.42. The van der Waals surface area contributed by atoms with Crippen LogP contribution in [-0.2, 0) is 22.5 Å². The molecule has 0 saturated carbocycles. The molecule has 7 rings (SSSR count). The van der Waals surface area contributed by atoms with Crippen LogP contribution in [0.2, 0.25) is 10.0 Å². The number of aromatic nitrogens is 1. The van der Waals surface area contributed by atoms with E-state index in [1.54, 1.807) is 19.2 Å². The van der Waals surface area contributed by atoms with E-state index >= 15 is 0 Å². The molecule has 0 amide bonds. The summed E-state index contributed by atoms with van der Waals surface area (Å²) >= 11 is 14.2. The Morgan fingerprint density at radius 1 is 0.960 bits per heavy atom. The molecule has 2 aromatic carbocycles. The number of nitrogens with one attached hydrogen (secondary N) is 1. The van der Waals surface area contributed by atoms with Gasteiger partial charge in [0.1, 0.15) is 21.0 Å². The lowest BCUT2D eigenvalue weighted by Crippen LogP contribution is -2.50. The molecule has 4 aromatic rings. The molecule has 3 aliphatic rings. The first-order valence-corrected chi connectivity index (χ1v) is 18.0. The molecule has 3 saturated heterocycles. The predicted octanol–water partition coefficient (Wildman–Crippen LogP) is 6.53. The Kier molecular flexibility index (Phi) is 11.2. The standard InChI is InChI=1S/C37H39Cl2N3O7S/c1-47-31-9-8-24(16-32(31)48-2)26(18-28-29(38)20-42(46)21-30(28)39)27-17-25(50-34(27)35(43)44)19-40-33(23-6-4-3-5-7-23)36(45)49-22-37-10-13-41(14-11-37)15-12-37/h3-9,16-17,20-21,26,33,40H,10-15,18-19,22H2,1-2H3,(H-,43,44,46)/p+1/t26-,33?/m0/s1. The van der Waals surface area contributed by atoms with Crippen LogP contribution in [0, 0.1) is 5.41 Å². The number of carbonyl (C=O) groups is 2. The van der Waals surface area contributed by atoms with Gasteiger partial charge in [0.15, 0.2) is 11.5 Å².